The largest absolute Gasteiger partial charge is 2.00 e. The van der Waals surface area contributed by atoms with E-state index in [0.717, 1.165) is 10.8 Å². The molecule has 0 aromatic heterocycles. The maximum Gasteiger partial charge on any atom is 2.00 e. The van der Waals surface area contributed by atoms with E-state index in [-0.39, 0.29) is 32.8 Å². The van der Waals surface area contributed by atoms with Crippen LogP contribution in [0.15, 0.2) is 108 Å². The Morgan fingerprint density at radius 3 is 1.26 bits per heavy atom. The number of fused-ring (bicyclic) bond motifs is 2. The van der Waals surface area contributed by atoms with E-state index in [1.165, 1.54) is 0 Å². The van der Waals surface area contributed by atoms with Gasteiger partial charge in [-0.15, -0.1) is 13.2 Å². The van der Waals surface area contributed by atoms with Crippen molar-refractivity contribution < 1.29 is 25.9 Å². The first-order valence-electron chi connectivity index (χ1n) is 10.2. The van der Waals surface area contributed by atoms with Crippen LogP contribution in [0.3, 0.4) is 0 Å². The Kier molecular flexibility index (Phi) is 9.79. The molecule has 0 saturated carbocycles. The van der Waals surface area contributed by atoms with Gasteiger partial charge in [-0.3, -0.25) is 0 Å². The minimum atomic E-state index is -4.48. The first-order chi connectivity index (χ1) is 16.1. The fourth-order valence-electron chi connectivity index (χ4n) is 3.80. The van der Waals surface area contributed by atoms with Crippen molar-refractivity contribution in [2.45, 2.75) is 22.6 Å². The molecule has 0 bridgehead atoms. The van der Waals surface area contributed by atoms with Gasteiger partial charge in [0.15, 0.2) is 0 Å². The van der Waals surface area contributed by atoms with Crippen molar-refractivity contribution >= 4 is 64.8 Å². The molecule has 0 atom stereocenters. The molecule has 176 valence electrons. The van der Waals surface area contributed by atoms with Crippen LogP contribution in [0.4, 0.5) is 0 Å². The minimum Gasteiger partial charge on any atom is -0.744 e. The van der Waals surface area contributed by atoms with E-state index in [1.807, 2.05) is 12.1 Å². The van der Waals surface area contributed by atoms with Gasteiger partial charge in [-0.25, -0.2) is 16.8 Å². The van der Waals surface area contributed by atoms with E-state index >= 15 is 0 Å². The van der Waals surface area contributed by atoms with E-state index in [1.54, 1.807) is 72.8 Å². The van der Waals surface area contributed by atoms with Crippen LogP contribution in [0.2, 0.25) is 0 Å². The quantitative estimate of drug-likeness (QED) is 0.210. The van der Waals surface area contributed by atoms with Gasteiger partial charge in [0.05, 0.1) is 9.79 Å². The summed E-state index contributed by atoms with van der Waals surface area (Å²) in [5.74, 6) is 0. The molecule has 6 nitrogen and oxygen atoms in total. The molecular weight excluding hydrogens is 497 g/mol. The number of allylic oxidation sites excluding steroid dienone is 2. The van der Waals surface area contributed by atoms with Crippen molar-refractivity contribution in [1.29, 1.82) is 0 Å². The Hall–Kier alpha value is -2.53. The predicted octanol–water partition coefficient (Wildman–Crippen LogP) is 4.56. The van der Waals surface area contributed by atoms with Crippen molar-refractivity contribution in [1.82, 2.24) is 0 Å². The van der Waals surface area contributed by atoms with Gasteiger partial charge in [-0.1, -0.05) is 84.9 Å². The molecule has 35 heavy (non-hydrogen) atoms. The van der Waals surface area contributed by atoms with Crippen molar-refractivity contribution in [3.8, 4) is 0 Å². The van der Waals surface area contributed by atoms with Crippen molar-refractivity contribution in [2.75, 3.05) is 0 Å². The van der Waals surface area contributed by atoms with Gasteiger partial charge in [0.25, 0.3) is 0 Å². The summed E-state index contributed by atoms with van der Waals surface area (Å²) in [6.45, 7) is 7.12. The second-order valence-electron chi connectivity index (χ2n) is 7.44. The Bertz CT molecular complexity index is 1470. The summed E-state index contributed by atoms with van der Waals surface area (Å²) in [6.07, 6.45) is 3.89. The monoisotopic (exact) mass is 518 g/mol. The first-order valence-corrected chi connectivity index (χ1v) is 13.0. The Morgan fingerprint density at radius 1 is 0.600 bits per heavy atom. The summed E-state index contributed by atoms with van der Waals surface area (Å²) in [5, 5.41) is 2.44. The smallest absolute Gasteiger partial charge is 0.744 e. The van der Waals surface area contributed by atoms with Gasteiger partial charge < -0.3 is 9.11 Å². The molecule has 0 heterocycles. The zero-order valence-corrected chi connectivity index (χ0v) is 21.9. The Labute approximate surface area is 221 Å². The third-order valence-corrected chi connectivity index (χ3v) is 7.11. The zero-order chi connectivity index (χ0) is 24.9. The van der Waals surface area contributed by atoms with Crippen molar-refractivity contribution in [3.05, 3.63) is 109 Å². The second-order valence-corrected chi connectivity index (χ2v) is 10.1. The Morgan fingerprint density at radius 2 is 0.943 bits per heavy atom. The molecule has 0 amide bonds. The van der Waals surface area contributed by atoms with E-state index in [0.29, 0.717) is 34.7 Å². The molecule has 4 aromatic carbocycles. The molecule has 0 unspecified atom stereocenters. The van der Waals surface area contributed by atoms with Gasteiger partial charge in [0.2, 0.25) is 0 Å². The molecular formula is C26H22MgO6S2. The van der Waals surface area contributed by atoms with Crippen LogP contribution in [0, 0.1) is 0 Å². The summed E-state index contributed by atoms with van der Waals surface area (Å²) in [6, 6.07) is 20.8. The molecule has 0 fully saturated rings. The van der Waals surface area contributed by atoms with Crippen molar-refractivity contribution in [2.24, 2.45) is 0 Å². The minimum absolute atomic E-state index is 0. The molecule has 0 spiro atoms. The zero-order valence-electron chi connectivity index (χ0n) is 18.9. The standard InChI is InChI=1S/2C13H12O3S.Mg/c2*1-2-5-11-9-8-10-6-3-4-7-12(10)13(11)17(14,15)16;/h2*2-4,6-9H,1,5H2,(H,14,15,16);/q;;+2/p-2. The Balaban J connectivity index is 0.000000240. The van der Waals surface area contributed by atoms with E-state index in [2.05, 4.69) is 13.2 Å². The first kappa shape index (κ1) is 28.7. The van der Waals surface area contributed by atoms with Gasteiger partial charge in [0, 0.05) is 0 Å². The maximum absolute atomic E-state index is 11.4. The second kappa shape index (κ2) is 11.9. The normalized spacial score (nSPS) is 11.3. The summed E-state index contributed by atoms with van der Waals surface area (Å²) in [5.41, 5.74) is 0.988. The number of rotatable bonds is 6. The fraction of sp³-hybridized carbons (Fsp3) is 0.0769. The van der Waals surface area contributed by atoms with Crippen LogP contribution >= 0.6 is 0 Å². The fourth-order valence-corrected chi connectivity index (χ4v) is 5.65. The molecule has 0 aliphatic rings. The summed E-state index contributed by atoms with van der Waals surface area (Å²) < 4.78 is 68.1. The van der Waals surface area contributed by atoms with Gasteiger partial charge in [-0.2, -0.15) is 0 Å². The molecule has 0 aliphatic carbocycles. The average Bonchev–Trinajstić information content (AvgIpc) is 2.78. The molecule has 4 rings (SSSR count). The van der Waals surface area contributed by atoms with Gasteiger partial charge in [-0.05, 0) is 45.5 Å². The maximum atomic E-state index is 11.4. The van der Waals surface area contributed by atoms with Crippen molar-refractivity contribution in [3.63, 3.8) is 0 Å². The third kappa shape index (κ3) is 6.78. The molecule has 0 N–H and O–H groups in total. The molecule has 9 heteroatoms. The van der Waals surface area contributed by atoms with Crippen LogP contribution in [0.5, 0.6) is 0 Å². The van der Waals surface area contributed by atoms with Crippen LogP contribution in [-0.4, -0.2) is 49.0 Å². The summed E-state index contributed by atoms with van der Waals surface area (Å²) in [7, 11) is -8.96. The summed E-state index contributed by atoms with van der Waals surface area (Å²) >= 11 is 0. The average molecular weight is 519 g/mol. The van der Waals surface area contributed by atoms with Crippen LogP contribution in [0.1, 0.15) is 11.1 Å². The molecule has 4 aromatic rings. The number of hydrogen-bond acceptors (Lipinski definition) is 6. The van der Waals surface area contributed by atoms with Gasteiger partial charge >= 0.3 is 23.1 Å². The molecule has 0 aliphatic heterocycles. The van der Waals surface area contributed by atoms with E-state index in [9.17, 15) is 25.9 Å². The SMILES string of the molecule is C=CCc1ccc2ccccc2c1S(=O)(=O)[O-].C=CCc1ccc2ccccc2c1S(=O)(=O)[O-].[Mg+2]. The summed E-state index contributed by atoms with van der Waals surface area (Å²) in [4.78, 5) is -0.258. The van der Waals surface area contributed by atoms with Crippen LogP contribution in [0.25, 0.3) is 21.5 Å². The predicted molar refractivity (Wildman–Crippen MR) is 137 cm³/mol. The van der Waals surface area contributed by atoms with Gasteiger partial charge in [0.1, 0.15) is 20.2 Å². The molecule has 0 saturated heterocycles. The third-order valence-electron chi connectivity index (χ3n) is 5.15. The topological polar surface area (TPSA) is 114 Å². The number of benzene rings is 4. The van der Waals surface area contributed by atoms with Crippen LogP contribution in [-0.2, 0) is 33.1 Å². The van der Waals surface area contributed by atoms with E-state index < -0.39 is 20.2 Å². The molecule has 0 radical (unpaired) electrons. The number of hydrogen-bond donors (Lipinski definition) is 0. The van der Waals surface area contributed by atoms with E-state index in [4.69, 9.17) is 0 Å². The van der Waals surface area contributed by atoms with Crippen LogP contribution < -0.4 is 0 Å².